The standard InChI is InChI=1S/C24H29N3O5/c1-30-20-9-8-18(12-21(20)31-2)13-26-22(28)19-15-27(14-17-6-4-3-5-7-17)16-24(19)23(29)25-10-11-32-24/h3-9,12,19H,10-11,13-16H2,1-2H3,(H,25,29)(H,26,28)/t19-,24-/m1/s1. The first-order valence-electron chi connectivity index (χ1n) is 10.7. The van der Waals surface area contributed by atoms with Crippen LogP contribution in [0.4, 0.5) is 0 Å². The van der Waals surface area contributed by atoms with Gasteiger partial charge in [0.1, 0.15) is 0 Å². The highest BCUT2D eigenvalue weighted by molar-refractivity contribution is 5.94. The van der Waals surface area contributed by atoms with E-state index < -0.39 is 11.5 Å². The first-order valence-corrected chi connectivity index (χ1v) is 10.7. The van der Waals surface area contributed by atoms with Crippen LogP contribution in [0.1, 0.15) is 11.1 Å². The minimum atomic E-state index is -1.17. The summed E-state index contributed by atoms with van der Waals surface area (Å²) in [4.78, 5) is 28.3. The van der Waals surface area contributed by atoms with E-state index in [0.717, 1.165) is 11.1 Å². The number of hydrogen-bond acceptors (Lipinski definition) is 6. The molecule has 2 aliphatic rings. The molecule has 2 saturated heterocycles. The average molecular weight is 440 g/mol. The number of carbonyl (C=O) groups excluding carboxylic acids is 2. The molecule has 32 heavy (non-hydrogen) atoms. The number of likely N-dealkylation sites (tertiary alicyclic amines) is 1. The van der Waals surface area contributed by atoms with Crippen molar-refractivity contribution in [3.05, 3.63) is 59.7 Å². The Morgan fingerprint density at radius 2 is 1.94 bits per heavy atom. The van der Waals surface area contributed by atoms with Crippen LogP contribution in [-0.4, -0.2) is 62.8 Å². The molecule has 170 valence electrons. The van der Waals surface area contributed by atoms with Gasteiger partial charge in [-0.15, -0.1) is 0 Å². The SMILES string of the molecule is COc1ccc(CNC(=O)[C@H]2CN(Cc3ccccc3)C[C@@]23OCCNC3=O)cc1OC. The van der Waals surface area contributed by atoms with Gasteiger partial charge in [-0.3, -0.25) is 14.5 Å². The number of methoxy groups -OCH3 is 2. The van der Waals surface area contributed by atoms with E-state index in [4.69, 9.17) is 14.2 Å². The third-order valence-corrected chi connectivity index (χ3v) is 6.07. The second-order valence-electron chi connectivity index (χ2n) is 8.11. The van der Waals surface area contributed by atoms with Gasteiger partial charge in [0.05, 0.1) is 26.7 Å². The van der Waals surface area contributed by atoms with Crippen molar-refractivity contribution in [1.29, 1.82) is 0 Å². The maximum absolute atomic E-state index is 13.3. The Balaban J connectivity index is 1.49. The zero-order valence-corrected chi connectivity index (χ0v) is 18.4. The zero-order chi connectivity index (χ0) is 22.6. The number of carbonyl (C=O) groups is 2. The van der Waals surface area contributed by atoms with Crippen LogP contribution in [0.25, 0.3) is 0 Å². The fourth-order valence-corrected chi connectivity index (χ4v) is 4.46. The van der Waals surface area contributed by atoms with Crippen LogP contribution in [0, 0.1) is 5.92 Å². The van der Waals surface area contributed by atoms with Gasteiger partial charge in [-0.1, -0.05) is 36.4 Å². The van der Waals surface area contributed by atoms with Crippen LogP contribution in [-0.2, 0) is 27.4 Å². The molecular weight excluding hydrogens is 410 g/mol. The Labute approximate surface area is 187 Å². The van der Waals surface area contributed by atoms with Crippen LogP contribution in [0.3, 0.4) is 0 Å². The molecule has 0 unspecified atom stereocenters. The number of amides is 2. The summed E-state index contributed by atoms with van der Waals surface area (Å²) < 4.78 is 16.6. The molecule has 2 aromatic rings. The first kappa shape index (κ1) is 22.1. The maximum Gasteiger partial charge on any atom is 0.254 e. The number of nitrogens with zero attached hydrogens (tertiary/aromatic N) is 1. The van der Waals surface area contributed by atoms with Crippen LogP contribution in [0.15, 0.2) is 48.5 Å². The molecule has 2 N–H and O–H groups in total. The van der Waals surface area contributed by atoms with Gasteiger partial charge in [-0.25, -0.2) is 0 Å². The quantitative estimate of drug-likeness (QED) is 0.677. The van der Waals surface area contributed by atoms with E-state index in [1.165, 1.54) is 0 Å². The fourth-order valence-electron chi connectivity index (χ4n) is 4.46. The molecule has 0 bridgehead atoms. The average Bonchev–Trinajstić information content (AvgIpc) is 3.18. The monoisotopic (exact) mass is 439 g/mol. The number of morpholine rings is 1. The van der Waals surface area contributed by atoms with Crippen molar-refractivity contribution in [2.45, 2.75) is 18.7 Å². The molecule has 1 spiro atoms. The molecule has 2 fully saturated rings. The van der Waals surface area contributed by atoms with Gasteiger partial charge in [0.2, 0.25) is 5.91 Å². The normalized spacial score (nSPS) is 23.1. The van der Waals surface area contributed by atoms with Crippen molar-refractivity contribution in [3.63, 3.8) is 0 Å². The summed E-state index contributed by atoms with van der Waals surface area (Å²) in [7, 11) is 3.15. The smallest absolute Gasteiger partial charge is 0.254 e. The summed E-state index contributed by atoms with van der Waals surface area (Å²) in [6.07, 6.45) is 0. The third-order valence-electron chi connectivity index (χ3n) is 6.07. The van der Waals surface area contributed by atoms with E-state index in [1.54, 1.807) is 20.3 Å². The number of rotatable bonds is 7. The summed E-state index contributed by atoms with van der Waals surface area (Å²) >= 11 is 0. The van der Waals surface area contributed by atoms with Crippen LogP contribution < -0.4 is 20.1 Å². The van der Waals surface area contributed by atoms with Crippen molar-refractivity contribution in [1.82, 2.24) is 15.5 Å². The summed E-state index contributed by atoms with van der Waals surface area (Å²) in [5, 5.41) is 5.87. The lowest BCUT2D eigenvalue weighted by Crippen LogP contribution is -2.61. The minimum Gasteiger partial charge on any atom is -0.493 e. The van der Waals surface area contributed by atoms with E-state index in [-0.39, 0.29) is 11.8 Å². The molecule has 2 aromatic carbocycles. The summed E-state index contributed by atoms with van der Waals surface area (Å²) in [6, 6.07) is 15.5. The Kier molecular flexibility index (Phi) is 6.62. The molecule has 0 aromatic heterocycles. The lowest BCUT2D eigenvalue weighted by molar-refractivity contribution is -0.163. The topological polar surface area (TPSA) is 89.1 Å². The lowest BCUT2D eigenvalue weighted by Gasteiger charge is -2.36. The van der Waals surface area contributed by atoms with Crippen LogP contribution >= 0.6 is 0 Å². The summed E-state index contributed by atoms with van der Waals surface area (Å²) in [5.41, 5.74) is 0.831. The maximum atomic E-state index is 13.3. The van der Waals surface area contributed by atoms with Crippen molar-refractivity contribution >= 4 is 11.8 Å². The predicted octanol–water partition coefficient (Wildman–Crippen LogP) is 1.34. The van der Waals surface area contributed by atoms with Crippen LogP contribution in [0.2, 0.25) is 0 Å². The molecule has 2 aliphatic heterocycles. The van der Waals surface area contributed by atoms with Gasteiger partial charge >= 0.3 is 0 Å². The molecule has 2 heterocycles. The lowest BCUT2D eigenvalue weighted by atomic mass is 9.87. The number of nitrogens with one attached hydrogen (secondary N) is 2. The van der Waals surface area contributed by atoms with E-state index in [2.05, 4.69) is 15.5 Å². The van der Waals surface area contributed by atoms with Crippen LogP contribution in [0.5, 0.6) is 11.5 Å². The summed E-state index contributed by atoms with van der Waals surface area (Å²) in [6.45, 7) is 2.64. The Morgan fingerprint density at radius 1 is 1.16 bits per heavy atom. The minimum absolute atomic E-state index is 0.201. The first-order chi connectivity index (χ1) is 15.6. The molecule has 2 atom stereocenters. The third kappa shape index (κ3) is 4.42. The van der Waals surface area contributed by atoms with Crippen molar-refractivity contribution in [2.24, 2.45) is 5.92 Å². The highest BCUT2D eigenvalue weighted by Gasteiger charge is 2.57. The van der Waals surface area contributed by atoms with E-state index in [9.17, 15) is 9.59 Å². The van der Waals surface area contributed by atoms with Gasteiger partial charge in [-0.2, -0.15) is 0 Å². The van der Waals surface area contributed by atoms with E-state index >= 15 is 0 Å². The molecule has 0 aliphatic carbocycles. The highest BCUT2D eigenvalue weighted by Crippen LogP contribution is 2.34. The van der Waals surface area contributed by atoms with Gasteiger partial charge < -0.3 is 24.8 Å². The Bertz CT molecular complexity index is 967. The second kappa shape index (κ2) is 9.58. The Hall–Kier alpha value is -3.10. The van der Waals surface area contributed by atoms with Gasteiger partial charge in [0, 0.05) is 32.7 Å². The largest absolute Gasteiger partial charge is 0.493 e. The number of benzene rings is 2. The number of hydrogen-bond donors (Lipinski definition) is 2. The van der Waals surface area contributed by atoms with E-state index in [0.29, 0.717) is 50.8 Å². The molecule has 8 heteroatoms. The molecular formula is C24H29N3O5. The van der Waals surface area contributed by atoms with E-state index in [1.807, 2.05) is 42.5 Å². The molecule has 0 saturated carbocycles. The predicted molar refractivity (Wildman–Crippen MR) is 118 cm³/mol. The molecule has 0 radical (unpaired) electrons. The Morgan fingerprint density at radius 3 is 2.66 bits per heavy atom. The molecule has 4 rings (SSSR count). The van der Waals surface area contributed by atoms with Crippen molar-refractivity contribution < 1.29 is 23.8 Å². The highest BCUT2D eigenvalue weighted by atomic mass is 16.5. The van der Waals surface area contributed by atoms with Gasteiger partial charge in [0.25, 0.3) is 5.91 Å². The summed E-state index contributed by atoms with van der Waals surface area (Å²) in [5.74, 6) is 0.200. The second-order valence-corrected chi connectivity index (χ2v) is 8.11. The van der Waals surface area contributed by atoms with Gasteiger partial charge in [-0.05, 0) is 23.3 Å². The van der Waals surface area contributed by atoms with Crippen molar-refractivity contribution in [3.8, 4) is 11.5 Å². The number of ether oxygens (including phenoxy) is 3. The zero-order valence-electron chi connectivity index (χ0n) is 18.4. The van der Waals surface area contributed by atoms with Gasteiger partial charge in [0.15, 0.2) is 17.1 Å². The fraction of sp³-hybridized carbons (Fsp3) is 0.417. The van der Waals surface area contributed by atoms with Crippen molar-refractivity contribution in [2.75, 3.05) is 40.5 Å². The molecule has 8 nitrogen and oxygen atoms in total. The molecule has 2 amide bonds.